The number of nitrogens with one attached hydrogen (secondary N) is 1. The molecule has 0 aliphatic heterocycles. The minimum atomic E-state index is -2.81. The molecule has 0 fully saturated rings. The van der Waals surface area contributed by atoms with E-state index in [0.29, 0.717) is 12.1 Å². The average Bonchev–Trinajstić information content (AvgIpc) is 2.46. The van der Waals surface area contributed by atoms with Crippen LogP contribution in [0.4, 0.5) is 8.78 Å². The average molecular weight is 278 g/mol. The third-order valence-corrected chi connectivity index (χ3v) is 2.99. The van der Waals surface area contributed by atoms with Gasteiger partial charge >= 0.3 is 6.61 Å². The zero-order valence-corrected chi connectivity index (χ0v) is 11.1. The van der Waals surface area contributed by atoms with E-state index in [-0.39, 0.29) is 11.8 Å². The number of hydrogen-bond donors (Lipinski definition) is 1. The highest BCUT2D eigenvalue weighted by atomic mass is 19.3. The predicted molar refractivity (Wildman–Crippen MR) is 72.6 cm³/mol. The van der Waals surface area contributed by atoms with Crippen molar-refractivity contribution in [2.75, 3.05) is 0 Å². The van der Waals surface area contributed by atoms with Crippen molar-refractivity contribution in [3.63, 3.8) is 0 Å². The summed E-state index contributed by atoms with van der Waals surface area (Å²) in [4.78, 5) is 3.96. The number of nitrogens with zero attached hydrogens (tertiary/aromatic N) is 1. The lowest BCUT2D eigenvalue weighted by Crippen LogP contribution is -2.19. The summed E-state index contributed by atoms with van der Waals surface area (Å²) >= 11 is 0. The highest BCUT2D eigenvalue weighted by molar-refractivity contribution is 5.33. The molecule has 1 heterocycles. The molecule has 0 saturated heterocycles. The summed E-state index contributed by atoms with van der Waals surface area (Å²) in [6, 6.07) is 10.7. The summed E-state index contributed by atoms with van der Waals surface area (Å²) in [5.74, 6) is 0.205. The first-order valence-corrected chi connectivity index (χ1v) is 6.33. The molecule has 0 unspecified atom stereocenters. The summed E-state index contributed by atoms with van der Waals surface area (Å²) in [6.45, 7) is -0.355. The maximum Gasteiger partial charge on any atom is 0.387 e. The van der Waals surface area contributed by atoms with Crippen LogP contribution in [0.5, 0.6) is 5.75 Å². The fourth-order valence-corrected chi connectivity index (χ4v) is 1.89. The number of halogens is 2. The van der Waals surface area contributed by atoms with Crippen LogP contribution in [0.25, 0.3) is 0 Å². The second kappa shape index (κ2) is 6.96. The monoisotopic (exact) mass is 278 g/mol. The molecule has 0 amide bonds. The molecular formula is C15H16F2N2O. The Bertz CT molecular complexity index is 534. The molecule has 0 aliphatic rings. The molecule has 2 rings (SSSR count). The van der Waals surface area contributed by atoms with Crippen molar-refractivity contribution < 1.29 is 13.5 Å². The number of rotatable bonds is 6. The number of benzene rings is 1. The van der Waals surface area contributed by atoms with Crippen LogP contribution in [-0.4, -0.2) is 11.6 Å². The zero-order valence-electron chi connectivity index (χ0n) is 11.1. The van der Waals surface area contributed by atoms with E-state index in [4.69, 9.17) is 0 Å². The normalized spacial score (nSPS) is 12.4. The Morgan fingerprint density at radius 3 is 2.55 bits per heavy atom. The third kappa shape index (κ3) is 3.99. The van der Waals surface area contributed by atoms with E-state index in [1.165, 1.54) is 0 Å². The van der Waals surface area contributed by atoms with E-state index >= 15 is 0 Å². The Hall–Kier alpha value is -2.01. The highest BCUT2D eigenvalue weighted by Gasteiger charge is 2.10. The Morgan fingerprint density at radius 2 is 1.85 bits per heavy atom. The van der Waals surface area contributed by atoms with Crippen molar-refractivity contribution in [2.24, 2.45) is 0 Å². The van der Waals surface area contributed by atoms with Gasteiger partial charge in [-0.05, 0) is 30.7 Å². The fraction of sp³-hybridized carbons (Fsp3) is 0.267. The van der Waals surface area contributed by atoms with Crippen molar-refractivity contribution in [1.29, 1.82) is 0 Å². The minimum absolute atomic E-state index is 0.0950. The smallest absolute Gasteiger partial charge is 0.387 e. The second-order valence-electron chi connectivity index (χ2n) is 4.37. The van der Waals surface area contributed by atoms with Crippen molar-refractivity contribution in [3.8, 4) is 5.75 Å². The quantitative estimate of drug-likeness (QED) is 0.877. The van der Waals surface area contributed by atoms with Crippen molar-refractivity contribution >= 4 is 0 Å². The molecule has 1 N–H and O–H groups in total. The maximum atomic E-state index is 12.3. The molecule has 20 heavy (non-hydrogen) atoms. The Kier molecular flexibility index (Phi) is 5.01. The molecule has 0 bridgehead atoms. The molecular weight excluding hydrogens is 262 g/mol. The predicted octanol–water partition coefficient (Wildman–Crippen LogP) is 3.53. The van der Waals surface area contributed by atoms with Crippen LogP contribution in [0.15, 0.2) is 48.8 Å². The summed E-state index contributed by atoms with van der Waals surface area (Å²) in [7, 11) is 0. The first kappa shape index (κ1) is 14.4. The van der Waals surface area contributed by atoms with Gasteiger partial charge in [-0.1, -0.05) is 18.2 Å². The first-order chi connectivity index (χ1) is 9.66. The Morgan fingerprint density at radius 1 is 1.15 bits per heavy atom. The van der Waals surface area contributed by atoms with E-state index in [1.807, 2.05) is 19.1 Å². The van der Waals surface area contributed by atoms with Crippen LogP contribution in [0, 0.1) is 0 Å². The molecule has 0 radical (unpaired) electrons. The van der Waals surface area contributed by atoms with E-state index in [0.717, 1.165) is 5.56 Å². The van der Waals surface area contributed by atoms with Crippen molar-refractivity contribution in [1.82, 2.24) is 10.3 Å². The van der Waals surface area contributed by atoms with Gasteiger partial charge in [0.2, 0.25) is 0 Å². The van der Waals surface area contributed by atoms with Crippen LogP contribution < -0.4 is 10.1 Å². The molecule has 0 saturated carbocycles. The summed E-state index contributed by atoms with van der Waals surface area (Å²) in [5.41, 5.74) is 1.79. The lowest BCUT2D eigenvalue weighted by atomic mass is 10.1. The Balaban J connectivity index is 2.00. The maximum absolute atomic E-state index is 12.3. The van der Waals surface area contributed by atoms with Gasteiger partial charge in [0.1, 0.15) is 5.75 Å². The molecule has 0 aliphatic carbocycles. The fourth-order valence-electron chi connectivity index (χ4n) is 1.89. The van der Waals surface area contributed by atoms with Crippen molar-refractivity contribution in [2.45, 2.75) is 26.1 Å². The van der Waals surface area contributed by atoms with Crippen LogP contribution >= 0.6 is 0 Å². The summed E-state index contributed by atoms with van der Waals surface area (Å²) in [5, 5.41) is 3.28. The van der Waals surface area contributed by atoms with E-state index in [1.54, 1.807) is 36.7 Å². The standard InChI is InChI=1S/C15H16F2N2O/c1-11(12-6-8-18-9-7-12)19-10-13-4-2-3-5-14(13)20-15(16)17/h2-9,11,15,19H,10H2,1H3/t11-/m1/s1. The number of pyridine rings is 1. The van der Waals surface area contributed by atoms with Gasteiger partial charge in [-0.25, -0.2) is 0 Å². The molecule has 2 aromatic rings. The lowest BCUT2D eigenvalue weighted by molar-refractivity contribution is -0.0505. The molecule has 1 aromatic heterocycles. The van der Waals surface area contributed by atoms with Crippen LogP contribution in [0.2, 0.25) is 0 Å². The Labute approximate surface area is 116 Å². The number of alkyl halides is 2. The molecule has 1 aromatic carbocycles. The first-order valence-electron chi connectivity index (χ1n) is 6.33. The molecule has 0 spiro atoms. The summed E-state index contributed by atoms with van der Waals surface area (Å²) < 4.78 is 29.1. The number of para-hydroxylation sites is 1. The molecule has 5 heteroatoms. The number of aromatic nitrogens is 1. The van der Waals surface area contributed by atoms with Gasteiger partial charge in [0.15, 0.2) is 0 Å². The minimum Gasteiger partial charge on any atom is -0.434 e. The van der Waals surface area contributed by atoms with E-state index < -0.39 is 6.61 Å². The third-order valence-electron chi connectivity index (χ3n) is 2.99. The van der Waals surface area contributed by atoms with Crippen LogP contribution in [0.1, 0.15) is 24.1 Å². The zero-order chi connectivity index (χ0) is 14.4. The van der Waals surface area contributed by atoms with E-state index in [9.17, 15) is 8.78 Å². The van der Waals surface area contributed by atoms with Gasteiger partial charge in [0, 0.05) is 30.5 Å². The number of hydrogen-bond acceptors (Lipinski definition) is 3. The van der Waals surface area contributed by atoms with Gasteiger partial charge in [-0.2, -0.15) is 8.78 Å². The van der Waals surface area contributed by atoms with E-state index in [2.05, 4.69) is 15.0 Å². The van der Waals surface area contributed by atoms with Gasteiger partial charge in [0.25, 0.3) is 0 Å². The van der Waals surface area contributed by atoms with Gasteiger partial charge in [-0.15, -0.1) is 0 Å². The molecule has 1 atom stereocenters. The summed E-state index contributed by atoms with van der Waals surface area (Å²) in [6.07, 6.45) is 3.45. The van der Waals surface area contributed by atoms with Crippen LogP contribution in [-0.2, 0) is 6.54 Å². The van der Waals surface area contributed by atoms with Gasteiger partial charge in [-0.3, -0.25) is 4.98 Å². The van der Waals surface area contributed by atoms with Gasteiger partial charge < -0.3 is 10.1 Å². The topological polar surface area (TPSA) is 34.1 Å². The molecule has 3 nitrogen and oxygen atoms in total. The lowest BCUT2D eigenvalue weighted by Gasteiger charge is -2.16. The highest BCUT2D eigenvalue weighted by Crippen LogP contribution is 2.21. The van der Waals surface area contributed by atoms with Gasteiger partial charge in [0.05, 0.1) is 0 Å². The number of ether oxygens (including phenoxy) is 1. The second-order valence-corrected chi connectivity index (χ2v) is 4.37. The van der Waals surface area contributed by atoms with Crippen LogP contribution in [0.3, 0.4) is 0 Å². The largest absolute Gasteiger partial charge is 0.434 e. The molecule has 106 valence electrons. The SMILES string of the molecule is C[C@@H](NCc1ccccc1OC(F)F)c1ccncc1. The van der Waals surface area contributed by atoms with Crippen molar-refractivity contribution in [3.05, 3.63) is 59.9 Å².